The number of unbranched alkanes of at least 4 members (excludes halogenated alkanes) is 1. The van der Waals surface area contributed by atoms with Crippen molar-refractivity contribution in [2.45, 2.75) is 75.9 Å². The number of carboxylic acid groups (broad SMARTS) is 1. The maximum Gasteiger partial charge on any atom is 0.325 e. The standard InChI is InChI=1S/C29H37FN2O4/c30-22-9-11-25(21-13-16-35-19-21)26(17-22)28(29(33)34)32-14-12-24(18-32)36-15-4-3-6-23-10-8-20-5-1-2-7-27(20)31-23/h8-11,17,21,24,28H,1-7,12-16,18-19H2,(H,33,34)/t21?,24-,28?/m1/s1. The molecule has 0 spiro atoms. The SMILES string of the molecule is O=C(O)C(c1cc(F)ccc1C1CCOC1)N1CC[C@@H](OCCCCc2ccc3c(n2)CCCC3)C1. The number of aromatic nitrogens is 1. The lowest BCUT2D eigenvalue weighted by atomic mass is 9.89. The summed E-state index contributed by atoms with van der Waals surface area (Å²) in [5.41, 5.74) is 5.32. The van der Waals surface area contributed by atoms with Gasteiger partial charge in [-0.25, -0.2) is 4.39 Å². The number of rotatable bonds is 10. The maximum atomic E-state index is 14.2. The molecule has 2 fully saturated rings. The molecule has 2 saturated heterocycles. The Morgan fingerprint density at radius 3 is 2.92 bits per heavy atom. The van der Waals surface area contributed by atoms with Crippen molar-refractivity contribution in [3.05, 3.63) is 64.2 Å². The molecule has 5 rings (SSSR count). The van der Waals surface area contributed by atoms with Crippen LogP contribution in [0.4, 0.5) is 4.39 Å². The summed E-state index contributed by atoms with van der Waals surface area (Å²) in [6.07, 6.45) is 9.33. The van der Waals surface area contributed by atoms with E-state index >= 15 is 0 Å². The number of nitrogens with zero attached hydrogens (tertiary/aromatic N) is 2. The fraction of sp³-hybridized carbons (Fsp3) is 0.586. The van der Waals surface area contributed by atoms with Crippen LogP contribution in [0.3, 0.4) is 0 Å². The van der Waals surface area contributed by atoms with E-state index in [1.807, 2.05) is 4.90 Å². The van der Waals surface area contributed by atoms with Crippen LogP contribution in [0.1, 0.15) is 78.6 Å². The number of halogens is 1. The van der Waals surface area contributed by atoms with Gasteiger partial charge in [0.05, 0.1) is 12.7 Å². The lowest BCUT2D eigenvalue weighted by Gasteiger charge is -2.27. The van der Waals surface area contributed by atoms with Gasteiger partial charge in [0.1, 0.15) is 11.9 Å². The molecule has 0 saturated carbocycles. The summed E-state index contributed by atoms with van der Waals surface area (Å²) in [7, 11) is 0. The fourth-order valence-electron chi connectivity index (χ4n) is 5.97. The van der Waals surface area contributed by atoms with E-state index < -0.39 is 17.8 Å². The lowest BCUT2D eigenvalue weighted by molar-refractivity contribution is -0.143. The van der Waals surface area contributed by atoms with E-state index in [2.05, 4.69) is 12.1 Å². The van der Waals surface area contributed by atoms with Crippen LogP contribution < -0.4 is 0 Å². The molecular formula is C29H37FN2O4. The van der Waals surface area contributed by atoms with Gasteiger partial charge < -0.3 is 14.6 Å². The first-order valence-electron chi connectivity index (χ1n) is 13.5. The minimum atomic E-state index is -0.945. The lowest BCUT2D eigenvalue weighted by Crippen LogP contribution is -2.34. The Hall–Kier alpha value is -2.35. The Kier molecular flexibility index (Phi) is 8.29. The summed E-state index contributed by atoms with van der Waals surface area (Å²) in [6, 6.07) is 8.11. The van der Waals surface area contributed by atoms with Crippen LogP contribution in [0, 0.1) is 5.82 Å². The van der Waals surface area contributed by atoms with Crippen molar-refractivity contribution in [1.82, 2.24) is 9.88 Å². The van der Waals surface area contributed by atoms with Gasteiger partial charge in [0, 0.05) is 43.6 Å². The van der Waals surface area contributed by atoms with Gasteiger partial charge in [0.15, 0.2) is 0 Å². The molecule has 0 amide bonds. The Labute approximate surface area is 212 Å². The quantitative estimate of drug-likeness (QED) is 0.475. The zero-order chi connectivity index (χ0) is 24.9. The maximum absolute atomic E-state index is 14.2. The monoisotopic (exact) mass is 496 g/mol. The van der Waals surface area contributed by atoms with Crippen LogP contribution in [0.5, 0.6) is 0 Å². The third-order valence-electron chi connectivity index (χ3n) is 7.91. The van der Waals surface area contributed by atoms with E-state index in [1.165, 1.54) is 41.9 Å². The molecule has 194 valence electrons. The number of aliphatic carboxylic acids is 1. The summed E-state index contributed by atoms with van der Waals surface area (Å²) in [4.78, 5) is 19.1. The van der Waals surface area contributed by atoms with E-state index in [0.29, 0.717) is 38.5 Å². The third kappa shape index (κ3) is 5.96. The number of ether oxygens (including phenoxy) is 2. The van der Waals surface area contributed by atoms with Crippen LogP contribution in [0.25, 0.3) is 0 Å². The zero-order valence-electron chi connectivity index (χ0n) is 21.0. The van der Waals surface area contributed by atoms with E-state index in [0.717, 1.165) is 50.5 Å². The van der Waals surface area contributed by atoms with Gasteiger partial charge in [-0.1, -0.05) is 12.1 Å². The Bertz CT molecular complexity index is 1060. The Morgan fingerprint density at radius 2 is 2.08 bits per heavy atom. The molecule has 36 heavy (non-hydrogen) atoms. The molecule has 3 aliphatic rings. The number of hydrogen-bond donors (Lipinski definition) is 1. The van der Waals surface area contributed by atoms with Crippen molar-refractivity contribution in [3.63, 3.8) is 0 Å². The summed E-state index contributed by atoms with van der Waals surface area (Å²) in [5, 5.41) is 10.1. The second-order valence-electron chi connectivity index (χ2n) is 10.4. The van der Waals surface area contributed by atoms with Crippen molar-refractivity contribution in [2.24, 2.45) is 0 Å². The first-order chi connectivity index (χ1) is 17.6. The molecule has 7 heteroatoms. The van der Waals surface area contributed by atoms with Gasteiger partial charge in [0.25, 0.3) is 0 Å². The molecular weight excluding hydrogens is 459 g/mol. The van der Waals surface area contributed by atoms with E-state index in [-0.39, 0.29) is 12.0 Å². The zero-order valence-corrected chi connectivity index (χ0v) is 21.0. The highest BCUT2D eigenvalue weighted by atomic mass is 19.1. The average Bonchev–Trinajstić information content (AvgIpc) is 3.57. The van der Waals surface area contributed by atoms with Gasteiger partial charge in [-0.05, 0) is 92.7 Å². The van der Waals surface area contributed by atoms with Gasteiger partial charge in [-0.15, -0.1) is 0 Å². The molecule has 2 unspecified atom stereocenters. The molecule has 0 bridgehead atoms. The predicted molar refractivity (Wildman–Crippen MR) is 135 cm³/mol. The molecule has 2 aromatic rings. The fourth-order valence-corrected chi connectivity index (χ4v) is 5.97. The highest BCUT2D eigenvalue weighted by molar-refractivity contribution is 5.76. The molecule has 3 atom stereocenters. The highest BCUT2D eigenvalue weighted by Crippen LogP contribution is 2.36. The van der Waals surface area contributed by atoms with Crippen molar-refractivity contribution in [3.8, 4) is 0 Å². The van der Waals surface area contributed by atoms with Gasteiger partial charge >= 0.3 is 5.97 Å². The third-order valence-corrected chi connectivity index (χ3v) is 7.91. The predicted octanol–water partition coefficient (Wildman–Crippen LogP) is 4.84. The molecule has 1 N–H and O–H groups in total. The number of pyridine rings is 1. The highest BCUT2D eigenvalue weighted by Gasteiger charge is 2.36. The normalized spacial score (nSPS) is 23.0. The van der Waals surface area contributed by atoms with Crippen molar-refractivity contribution >= 4 is 5.97 Å². The minimum Gasteiger partial charge on any atom is -0.480 e. The van der Waals surface area contributed by atoms with Gasteiger partial charge in [0.2, 0.25) is 0 Å². The number of likely N-dealkylation sites (tertiary alicyclic amines) is 1. The topological polar surface area (TPSA) is 71.9 Å². The molecule has 1 aromatic carbocycles. The number of aryl methyl sites for hydroxylation is 3. The van der Waals surface area contributed by atoms with Crippen LogP contribution in [0.2, 0.25) is 0 Å². The average molecular weight is 497 g/mol. The number of carbonyl (C=O) groups is 1. The van der Waals surface area contributed by atoms with Crippen LogP contribution >= 0.6 is 0 Å². The summed E-state index contributed by atoms with van der Waals surface area (Å²) in [5.74, 6) is -1.24. The summed E-state index contributed by atoms with van der Waals surface area (Å²) >= 11 is 0. The summed E-state index contributed by atoms with van der Waals surface area (Å²) < 4.78 is 25.8. The molecule has 3 heterocycles. The van der Waals surface area contributed by atoms with Gasteiger partial charge in [-0.2, -0.15) is 0 Å². The molecule has 6 nitrogen and oxygen atoms in total. The number of hydrogen-bond acceptors (Lipinski definition) is 5. The summed E-state index contributed by atoms with van der Waals surface area (Å²) in [6.45, 7) is 3.03. The molecule has 0 radical (unpaired) electrons. The van der Waals surface area contributed by atoms with E-state index in [1.54, 1.807) is 6.07 Å². The molecule has 1 aromatic heterocycles. The van der Waals surface area contributed by atoms with E-state index in [9.17, 15) is 14.3 Å². The second-order valence-corrected chi connectivity index (χ2v) is 10.4. The first-order valence-corrected chi connectivity index (χ1v) is 13.5. The smallest absolute Gasteiger partial charge is 0.325 e. The van der Waals surface area contributed by atoms with E-state index in [4.69, 9.17) is 14.5 Å². The Balaban J connectivity index is 1.12. The van der Waals surface area contributed by atoms with Crippen LogP contribution in [-0.2, 0) is 33.5 Å². The Morgan fingerprint density at radius 1 is 1.19 bits per heavy atom. The largest absolute Gasteiger partial charge is 0.480 e. The second kappa shape index (κ2) is 11.8. The van der Waals surface area contributed by atoms with Crippen molar-refractivity contribution < 1.29 is 23.8 Å². The molecule has 2 aliphatic heterocycles. The molecule has 1 aliphatic carbocycles. The minimum absolute atomic E-state index is 0.000502. The first kappa shape index (κ1) is 25.3. The van der Waals surface area contributed by atoms with Crippen molar-refractivity contribution in [1.29, 1.82) is 0 Å². The number of carboxylic acids is 1. The van der Waals surface area contributed by atoms with Crippen LogP contribution in [0.15, 0.2) is 30.3 Å². The van der Waals surface area contributed by atoms with Gasteiger partial charge in [-0.3, -0.25) is 14.7 Å². The van der Waals surface area contributed by atoms with Crippen molar-refractivity contribution in [2.75, 3.05) is 32.9 Å². The number of benzene rings is 1. The van der Waals surface area contributed by atoms with Crippen LogP contribution in [-0.4, -0.2) is 60.0 Å². The number of fused-ring (bicyclic) bond motifs is 1.